The standard InChI is InChI=1S/C28H50O5/c1-18(2)10-8-11-19(3)12-9-16-28(7)17-15-23-22(6)26(20(4)21(5)27(23)33-28)32-25(31)14-13-24(29)30/h18-19,21-24,27,29-30H,8-17H2,1-7H3/t19?,21-,22-,23?,27?,28-/m1/s1. The highest BCUT2D eigenvalue weighted by atomic mass is 16.5. The van der Waals surface area contributed by atoms with Gasteiger partial charge in [-0.1, -0.05) is 66.7 Å². The Kier molecular flexibility index (Phi) is 10.9. The second-order valence-corrected chi connectivity index (χ2v) is 11.7. The van der Waals surface area contributed by atoms with Crippen molar-refractivity contribution in [2.24, 2.45) is 29.6 Å². The fourth-order valence-corrected chi connectivity index (χ4v) is 5.76. The van der Waals surface area contributed by atoms with Gasteiger partial charge < -0.3 is 19.7 Å². The summed E-state index contributed by atoms with van der Waals surface area (Å²) in [6.07, 6.45) is 8.42. The number of rotatable bonds is 12. The van der Waals surface area contributed by atoms with E-state index in [0.29, 0.717) is 5.92 Å². The van der Waals surface area contributed by atoms with E-state index in [0.717, 1.165) is 42.4 Å². The van der Waals surface area contributed by atoms with Gasteiger partial charge in [-0.05, 0) is 56.4 Å². The molecule has 0 bridgehead atoms. The summed E-state index contributed by atoms with van der Waals surface area (Å²) in [7, 11) is 0. The molecule has 2 N–H and O–H groups in total. The molecule has 192 valence electrons. The zero-order chi connectivity index (χ0) is 24.8. The van der Waals surface area contributed by atoms with Crippen LogP contribution in [-0.4, -0.2) is 34.2 Å². The predicted molar refractivity (Wildman–Crippen MR) is 132 cm³/mol. The third-order valence-electron chi connectivity index (χ3n) is 8.18. The molecule has 0 amide bonds. The number of hydrogen-bond acceptors (Lipinski definition) is 5. The first kappa shape index (κ1) is 28.3. The summed E-state index contributed by atoms with van der Waals surface area (Å²) < 4.78 is 12.6. The number of aliphatic hydroxyl groups excluding tert-OH is 1. The predicted octanol–water partition coefficient (Wildman–Crippen LogP) is 6.37. The number of ether oxygens (including phenoxy) is 2. The lowest BCUT2D eigenvalue weighted by Crippen LogP contribution is -2.50. The average Bonchev–Trinajstić information content (AvgIpc) is 2.73. The maximum atomic E-state index is 12.2. The normalized spacial score (nSPS) is 31.1. The molecule has 0 aromatic rings. The molecule has 0 saturated carbocycles. The minimum Gasteiger partial charge on any atom is -0.431 e. The van der Waals surface area contributed by atoms with Gasteiger partial charge in [0.15, 0.2) is 6.29 Å². The third-order valence-corrected chi connectivity index (χ3v) is 8.18. The van der Waals surface area contributed by atoms with Gasteiger partial charge in [0, 0.05) is 18.3 Å². The van der Waals surface area contributed by atoms with Crippen LogP contribution in [-0.2, 0) is 14.3 Å². The van der Waals surface area contributed by atoms with E-state index in [2.05, 4.69) is 48.5 Å². The van der Waals surface area contributed by atoms with Crippen LogP contribution >= 0.6 is 0 Å². The third kappa shape index (κ3) is 8.36. The number of allylic oxidation sites excluding steroid dienone is 1. The van der Waals surface area contributed by atoms with Crippen molar-refractivity contribution in [3.8, 4) is 0 Å². The zero-order valence-corrected chi connectivity index (χ0v) is 22.2. The van der Waals surface area contributed by atoms with E-state index < -0.39 is 6.29 Å². The number of carbonyl (C=O) groups is 1. The van der Waals surface area contributed by atoms with E-state index in [1.165, 1.54) is 32.1 Å². The Balaban J connectivity index is 1.92. The number of fused-ring (bicyclic) bond motifs is 1. The molecule has 2 aliphatic rings. The molecule has 1 fully saturated rings. The number of hydrogen-bond donors (Lipinski definition) is 2. The molecular weight excluding hydrogens is 416 g/mol. The van der Waals surface area contributed by atoms with Crippen LogP contribution in [0.3, 0.4) is 0 Å². The summed E-state index contributed by atoms with van der Waals surface area (Å²) in [6.45, 7) is 15.7. The summed E-state index contributed by atoms with van der Waals surface area (Å²) in [5.74, 6) is 2.63. The molecule has 0 aromatic carbocycles. The number of aliphatic hydroxyl groups is 2. The molecule has 1 heterocycles. The molecule has 5 heteroatoms. The highest BCUT2D eigenvalue weighted by Gasteiger charge is 2.47. The van der Waals surface area contributed by atoms with Crippen LogP contribution in [0.5, 0.6) is 0 Å². The highest BCUT2D eigenvalue weighted by Crippen LogP contribution is 2.49. The minimum absolute atomic E-state index is 0.00103. The van der Waals surface area contributed by atoms with Crippen LogP contribution < -0.4 is 0 Å². The van der Waals surface area contributed by atoms with Gasteiger partial charge in [0.1, 0.15) is 5.76 Å². The van der Waals surface area contributed by atoms with Crippen LogP contribution in [0, 0.1) is 29.6 Å². The van der Waals surface area contributed by atoms with Crippen molar-refractivity contribution in [2.75, 3.05) is 0 Å². The molecule has 1 aliphatic heterocycles. The summed E-state index contributed by atoms with van der Waals surface area (Å²) in [5, 5.41) is 18.1. The lowest BCUT2D eigenvalue weighted by molar-refractivity contribution is -0.178. The second kappa shape index (κ2) is 12.7. The van der Waals surface area contributed by atoms with Crippen molar-refractivity contribution >= 4 is 5.97 Å². The quantitative estimate of drug-likeness (QED) is 0.258. The first-order valence-electron chi connectivity index (χ1n) is 13.4. The molecular formula is C28H50O5. The largest absolute Gasteiger partial charge is 0.431 e. The van der Waals surface area contributed by atoms with Gasteiger partial charge in [0.25, 0.3) is 0 Å². The van der Waals surface area contributed by atoms with Crippen molar-refractivity contribution in [1.82, 2.24) is 0 Å². The molecule has 1 saturated heterocycles. The van der Waals surface area contributed by atoms with E-state index in [1.54, 1.807) is 0 Å². The van der Waals surface area contributed by atoms with Gasteiger partial charge in [-0.2, -0.15) is 0 Å². The smallest absolute Gasteiger partial charge is 0.311 e. The van der Waals surface area contributed by atoms with Gasteiger partial charge >= 0.3 is 5.97 Å². The van der Waals surface area contributed by atoms with E-state index in [1.807, 2.05) is 0 Å². The van der Waals surface area contributed by atoms with Crippen LogP contribution in [0.1, 0.15) is 113 Å². The Morgan fingerprint density at radius 2 is 1.76 bits per heavy atom. The maximum absolute atomic E-state index is 12.2. The lowest BCUT2D eigenvalue weighted by Gasteiger charge is -2.50. The topological polar surface area (TPSA) is 76.0 Å². The SMILES string of the molecule is CC1=C(OC(=O)CCC(O)O)[C@H](C)C2CC[C@@](C)(CCCC(C)CCCC(C)C)OC2[C@@H]1C. The molecule has 5 nitrogen and oxygen atoms in total. The Morgan fingerprint density at radius 3 is 2.39 bits per heavy atom. The summed E-state index contributed by atoms with van der Waals surface area (Å²) in [6, 6.07) is 0. The fourth-order valence-electron chi connectivity index (χ4n) is 5.76. The molecule has 0 spiro atoms. The lowest BCUT2D eigenvalue weighted by atomic mass is 9.68. The Bertz CT molecular complexity index is 655. The van der Waals surface area contributed by atoms with Crippen LogP contribution in [0.15, 0.2) is 11.3 Å². The molecule has 0 aromatic heterocycles. The van der Waals surface area contributed by atoms with Crippen LogP contribution in [0.25, 0.3) is 0 Å². The number of esters is 1. The van der Waals surface area contributed by atoms with Gasteiger partial charge in [0.05, 0.1) is 18.1 Å². The van der Waals surface area contributed by atoms with Crippen molar-refractivity contribution in [3.05, 3.63) is 11.3 Å². The molecule has 3 unspecified atom stereocenters. The van der Waals surface area contributed by atoms with Crippen molar-refractivity contribution in [2.45, 2.75) is 131 Å². The first-order valence-corrected chi connectivity index (χ1v) is 13.4. The van der Waals surface area contributed by atoms with Crippen molar-refractivity contribution in [3.63, 3.8) is 0 Å². The van der Waals surface area contributed by atoms with E-state index >= 15 is 0 Å². The Labute approximate surface area is 202 Å². The second-order valence-electron chi connectivity index (χ2n) is 11.7. The van der Waals surface area contributed by atoms with Crippen LogP contribution in [0.2, 0.25) is 0 Å². The zero-order valence-electron chi connectivity index (χ0n) is 22.2. The molecule has 6 atom stereocenters. The first-order chi connectivity index (χ1) is 15.4. The van der Waals surface area contributed by atoms with Gasteiger partial charge in [-0.25, -0.2) is 0 Å². The molecule has 0 radical (unpaired) electrons. The van der Waals surface area contributed by atoms with E-state index in [4.69, 9.17) is 19.7 Å². The summed E-state index contributed by atoms with van der Waals surface area (Å²) in [4.78, 5) is 12.2. The van der Waals surface area contributed by atoms with Crippen molar-refractivity contribution in [1.29, 1.82) is 0 Å². The highest BCUT2D eigenvalue weighted by molar-refractivity contribution is 5.70. The molecule has 1 aliphatic carbocycles. The van der Waals surface area contributed by atoms with Gasteiger partial charge in [-0.15, -0.1) is 0 Å². The van der Waals surface area contributed by atoms with Crippen molar-refractivity contribution < 1.29 is 24.5 Å². The monoisotopic (exact) mass is 466 g/mol. The maximum Gasteiger partial charge on any atom is 0.311 e. The minimum atomic E-state index is -1.48. The molecule has 33 heavy (non-hydrogen) atoms. The summed E-state index contributed by atoms with van der Waals surface area (Å²) in [5.41, 5.74) is 1.02. The fraction of sp³-hybridized carbons (Fsp3) is 0.893. The average molecular weight is 467 g/mol. The van der Waals surface area contributed by atoms with Gasteiger partial charge in [-0.3, -0.25) is 4.79 Å². The Morgan fingerprint density at radius 1 is 1.09 bits per heavy atom. The summed E-state index contributed by atoms with van der Waals surface area (Å²) >= 11 is 0. The van der Waals surface area contributed by atoms with E-state index in [9.17, 15) is 4.79 Å². The number of carbonyl (C=O) groups excluding carboxylic acids is 1. The Hall–Kier alpha value is -0.910. The molecule has 2 rings (SSSR count). The van der Waals surface area contributed by atoms with E-state index in [-0.39, 0.29) is 42.4 Å². The van der Waals surface area contributed by atoms with Crippen LogP contribution in [0.4, 0.5) is 0 Å². The van der Waals surface area contributed by atoms with Gasteiger partial charge in [0.2, 0.25) is 0 Å².